The van der Waals surface area contributed by atoms with Gasteiger partial charge in [-0.3, -0.25) is 0 Å². The van der Waals surface area contributed by atoms with Crippen LogP contribution < -0.4 is 5.32 Å². The molecule has 0 spiro atoms. The number of aromatic nitrogens is 3. The van der Waals surface area contributed by atoms with Crippen LogP contribution in [-0.2, 0) is 4.74 Å². The van der Waals surface area contributed by atoms with Gasteiger partial charge in [-0.25, -0.2) is 19.3 Å². The quantitative estimate of drug-likeness (QED) is 0.873. The van der Waals surface area contributed by atoms with Gasteiger partial charge in [-0.15, -0.1) is 0 Å². The Morgan fingerprint density at radius 2 is 1.78 bits per heavy atom. The monoisotopic (exact) mass is 372 g/mol. The second-order valence-corrected chi connectivity index (χ2v) is 7.21. The molecule has 144 valence electrons. The van der Waals surface area contributed by atoms with E-state index in [1.54, 1.807) is 51.3 Å². The maximum Gasteiger partial charge on any atom is 0.410 e. The number of nitrogens with zero attached hydrogens (tertiary/aromatic N) is 5. The normalized spacial score (nSPS) is 14.8. The van der Waals surface area contributed by atoms with Crippen molar-refractivity contribution in [1.29, 1.82) is 0 Å². The molecule has 0 atom stereocenters. The van der Waals surface area contributed by atoms with Crippen LogP contribution in [0.4, 0.5) is 15.3 Å². The van der Waals surface area contributed by atoms with E-state index in [0.29, 0.717) is 37.7 Å². The molecule has 1 saturated heterocycles. The molecule has 2 aromatic heterocycles. The molecule has 0 radical (unpaired) electrons. The maximum absolute atomic E-state index is 12.6. The number of carbonyl (C=O) groups excluding carboxylic acids is 2. The van der Waals surface area contributed by atoms with Gasteiger partial charge in [-0.2, -0.15) is 5.10 Å². The van der Waals surface area contributed by atoms with E-state index in [9.17, 15) is 9.59 Å². The number of hydrogen-bond acceptors (Lipinski definition) is 5. The van der Waals surface area contributed by atoms with Crippen molar-refractivity contribution < 1.29 is 14.3 Å². The Bertz CT molecular complexity index is 792. The molecule has 0 aliphatic carbocycles. The summed E-state index contributed by atoms with van der Waals surface area (Å²) in [6.45, 7) is 7.23. The third-order valence-corrected chi connectivity index (χ3v) is 3.97. The molecule has 3 rings (SSSR count). The second-order valence-electron chi connectivity index (χ2n) is 7.21. The van der Waals surface area contributed by atoms with Crippen LogP contribution in [0, 0.1) is 0 Å². The molecule has 0 saturated carbocycles. The topological polar surface area (TPSA) is 92.6 Å². The molecule has 0 unspecified atom stereocenters. The number of anilines is 1. The van der Waals surface area contributed by atoms with Crippen molar-refractivity contribution in [1.82, 2.24) is 24.6 Å². The molecule has 1 N–H and O–H groups in total. The van der Waals surface area contributed by atoms with Crippen molar-refractivity contribution in [3.05, 3.63) is 36.8 Å². The Hall–Kier alpha value is -3.10. The van der Waals surface area contributed by atoms with E-state index >= 15 is 0 Å². The van der Waals surface area contributed by atoms with E-state index in [0.717, 1.165) is 0 Å². The predicted octanol–water partition coefficient (Wildman–Crippen LogP) is 2.35. The smallest absolute Gasteiger partial charge is 0.410 e. The van der Waals surface area contributed by atoms with Crippen molar-refractivity contribution in [3.63, 3.8) is 0 Å². The Kier molecular flexibility index (Phi) is 5.29. The minimum atomic E-state index is -0.533. The highest BCUT2D eigenvalue weighted by atomic mass is 16.6. The van der Waals surface area contributed by atoms with Crippen LogP contribution in [-0.4, -0.2) is 68.5 Å². The highest BCUT2D eigenvalue weighted by Crippen LogP contribution is 2.17. The molecule has 27 heavy (non-hydrogen) atoms. The fourth-order valence-electron chi connectivity index (χ4n) is 2.68. The molecule has 9 nitrogen and oxygen atoms in total. The summed E-state index contributed by atoms with van der Waals surface area (Å²) < 4.78 is 6.97. The number of urea groups is 1. The minimum Gasteiger partial charge on any atom is -0.444 e. The first-order valence-electron chi connectivity index (χ1n) is 8.82. The lowest BCUT2D eigenvalue weighted by atomic mass is 10.2. The molecule has 9 heteroatoms. The van der Waals surface area contributed by atoms with E-state index in [-0.39, 0.29) is 12.1 Å². The van der Waals surface area contributed by atoms with E-state index in [2.05, 4.69) is 15.4 Å². The lowest BCUT2D eigenvalue weighted by molar-refractivity contribution is 0.0174. The van der Waals surface area contributed by atoms with Crippen LogP contribution in [0.3, 0.4) is 0 Å². The summed E-state index contributed by atoms with van der Waals surface area (Å²) in [4.78, 5) is 32.3. The predicted molar refractivity (Wildman–Crippen MR) is 99.8 cm³/mol. The molecule has 1 aliphatic heterocycles. The van der Waals surface area contributed by atoms with Gasteiger partial charge in [-0.1, -0.05) is 0 Å². The third kappa shape index (κ3) is 4.75. The Morgan fingerprint density at radius 1 is 1.07 bits per heavy atom. The van der Waals surface area contributed by atoms with E-state index in [4.69, 9.17) is 4.74 Å². The third-order valence-electron chi connectivity index (χ3n) is 3.97. The zero-order valence-electron chi connectivity index (χ0n) is 15.8. The van der Waals surface area contributed by atoms with Crippen LogP contribution >= 0.6 is 0 Å². The number of ether oxygens (including phenoxy) is 1. The van der Waals surface area contributed by atoms with Gasteiger partial charge in [0.05, 0.1) is 5.69 Å². The van der Waals surface area contributed by atoms with Crippen LogP contribution in [0.25, 0.3) is 5.82 Å². The number of nitrogens with one attached hydrogen (secondary N) is 1. The molecule has 3 heterocycles. The van der Waals surface area contributed by atoms with Crippen molar-refractivity contribution in [2.24, 2.45) is 0 Å². The van der Waals surface area contributed by atoms with Crippen molar-refractivity contribution in [2.45, 2.75) is 26.4 Å². The van der Waals surface area contributed by atoms with Gasteiger partial charge in [0.2, 0.25) is 0 Å². The largest absolute Gasteiger partial charge is 0.444 e. The Morgan fingerprint density at radius 3 is 2.41 bits per heavy atom. The fraction of sp³-hybridized carbons (Fsp3) is 0.444. The highest BCUT2D eigenvalue weighted by molar-refractivity contribution is 5.91. The van der Waals surface area contributed by atoms with Gasteiger partial charge in [0.25, 0.3) is 0 Å². The summed E-state index contributed by atoms with van der Waals surface area (Å²) in [7, 11) is 0. The molecule has 0 aromatic carbocycles. The van der Waals surface area contributed by atoms with Crippen molar-refractivity contribution in [3.8, 4) is 5.82 Å². The summed E-state index contributed by atoms with van der Waals surface area (Å²) in [6, 6.07) is 5.08. The van der Waals surface area contributed by atoms with Crippen LogP contribution in [0.15, 0.2) is 36.8 Å². The second kappa shape index (κ2) is 7.65. The standard InChI is InChI=1S/C18H24N6O3/c1-18(2,3)27-17(26)23-12-10-22(11-13-23)16(25)21-14-6-4-7-19-15(14)24-9-5-8-20-24/h4-9H,10-13H2,1-3H3,(H,21,25). The molecule has 2 aromatic rings. The average Bonchev–Trinajstić information content (AvgIpc) is 3.15. The summed E-state index contributed by atoms with van der Waals surface area (Å²) in [6.07, 6.45) is 4.70. The number of carbonyl (C=O) groups is 2. The van der Waals surface area contributed by atoms with Gasteiger partial charge in [0.15, 0.2) is 5.82 Å². The number of amides is 3. The van der Waals surface area contributed by atoms with Crippen LogP contribution in [0.1, 0.15) is 20.8 Å². The van der Waals surface area contributed by atoms with Gasteiger partial charge in [0.1, 0.15) is 5.60 Å². The van der Waals surface area contributed by atoms with Crippen molar-refractivity contribution >= 4 is 17.8 Å². The van der Waals surface area contributed by atoms with E-state index in [1.165, 1.54) is 0 Å². The molecule has 3 amide bonds. The zero-order valence-corrected chi connectivity index (χ0v) is 15.8. The summed E-state index contributed by atoms with van der Waals surface area (Å²) in [5.41, 5.74) is 0.0372. The minimum absolute atomic E-state index is 0.236. The van der Waals surface area contributed by atoms with E-state index in [1.807, 2.05) is 20.8 Å². The fourth-order valence-corrected chi connectivity index (χ4v) is 2.68. The summed E-state index contributed by atoms with van der Waals surface area (Å²) in [5.74, 6) is 0.545. The van der Waals surface area contributed by atoms with Crippen LogP contribution in [0.2, 0.25) is 0 Å². The number of piperazine rings is 1. The van der Waals surface area contributed by atoms with Gasteiger partial charge in [0, 0.05) is 44.8 Å². The summed E-state index contributed by atoms with van der Waals surface area (Å²) >= 11 is 0. The number of pyridine rings is 1. The maximum atomic E-state index is 12.6. The van der Waals surface area contributed by atoms with Gasteiger partial charge in [-0.05, 0) is 39.0 Å². The Balaban J connectivity index is 1.59. The average molecular weight is 372 g/mol. The first-order valence-corrected chi connectivity index (χ1v) is 8.82. The summed E-state index contributed by atoms with van der Waals surface area (Å²) in [5, 5.41) is 7.04. The first-order chi connectivity index (χ1) is 12.8. The number of hydrogen-bond donors (Lipinski definition) is 1. The lowest BCUT2D eigenvalue weighted by Crippen LogP contribution is -2.52. The number of rotatable bonds is 2. The lowest BCUT2D eigenvalue weighted by Gasteiger charge is -2.35. The first kappa shape index (κ1) is 18.7. The highest BCUT2D eigenvalue weighted by Gasteiger charge is 2.28. The molecule has 1 aliphatic rings. The Labute approximate surface area is 157 Å². The van der Waals surface area contributed by atoms with Crippen molar-refractivity contribution in [2.75, 3.05) is 31.5 Å². The molecular weight excluding hydrogens is 348 g/mol. The van der Waals surface area contributed by atoms with Gasteiger partial charge < -0.3 is 19.9 Å². The zero-order chi connectivity index (χ0) is 19.4. The van der Waals surface area contributed by atoms with Crippen LogP contribution in [0.5, 0.6) is 0 Å². The SMILES string of the molecule is CC(C)(C)OC(=O)N1CCN(C(=O)Nc2cccnc2-n2cccn2)CC1. The molecular formula is C18H24N6O3. The van der Waals surface area contributed by atoms with Gasteiger partial charge >= 0.3 is 12.1 Å². The molecule has 0 bridgehead atoms. The molecule has 1 fully saturated rings. The van der Waals surface area contributed by atoms with E-state index < -0.39 is 5.60 Å².